The maximum atomic E-state index is 11.4. The fraction of sp³-hybridized carbons (Fsp3) is 0. The molecule has 0 aromatic heterocycles. The third-order valence-electron chi connectivity index (χ3n) is 6.14. The Morgan fingerprint density at radius 3 is 0.868 bits per heavy atom. The van der Waals surface area contributed by atoms with Crippen molar-refractivity contribution in [3.05, 3.63) is 145 Å². The minimum Gasteiger partial charge on any atom is -0.478 e. The molecule has 0 radical (unpaired) electrons. The van der Waals surface area contributed by atoms with Crippen LogP contribution in [-0.2, 0) is 0 Å². The first kappa shape index (κ1) is 24.3. The smallest absolute Gasteiger partial charge is 0.335 e. The Bertz CT molecular complexity index is 1410. The maximum Gasteiger partial charge on any atom is 0.335 e. The summed E-state index contributed by atoms with van der Waals surface area (Å²) in [6.45, 7) is 0. The summed E-state index contributed by atoms with van der Waals surface area (Å²) in [7, 11) is 0. The van der Waals surface area contributed by atoms with Crippen LogP contribution in [0.1, 0.15) is 20.7 Å². The summed E-state index contributed by atoms with van der Waals surface area (Å²) in [5.41, 5.74) is 5.79. The van der Waals surface area contributed by atoms with Gasteiger partial charge in [-0.25, -0.2) is 9.59 Å². The number of rotatable bonds is 8. The summed E-state index contributed by atoms with van der Waals surface area (Å²) in [5.74, 6) is -1.94. The highest BCUT2D eigenvalue weighted by Gasteiger charge is 2.16. The highest BCUT2D eigenvalue weighted by Crippen LogP contribution is 2.38. The number of aromatic carboxylic acids is 2. The first-order valence-corrected chi connectivity index (χ1v) is 12.0. The van der Waals surface area contributed by atoms with Gasteiger partial charge in [0.25, 0.3) is 0 Å². The zero-order valence-corrected chi connectivity index (χ0v) is 20.3. The van der Waals surface area contributed by atoms with Crippen molar-refractivity contribution in [3.8, 4) is 0 Å². The van der Waals surface area contributed by atoms with E-state index in [1.54, 1.807) is 48.5 Å². The first-order chi connectivity index (χ1) is 18.5. The fourth-order valence-corrected chi connectivity index (χ4v) is 4.31. The van der Waals surface area contributed by atoms with Gasteiger partial charge in [-0.05, 0) is 97.1 Å². The SMILES string of the molecule is O=C(O)c1ccc(N(c2ccccc2)c2ccc(N(c3ccccc3)c3ccc(C(=O)O)cc3)cc2)cc1. The second kappa shape index (κ2) is 10.7. The van der Waals surface area contributed by atoms with Crippen molar-refractivity contribution in [1.29, 1.82) is 0 Å². The monoisotopic (exact) mass is 500 g/mol. The van der Waals surface area contributed by atoms with Crippen LogP contribution in [0.15, 0.2) is 133 Å². The lowest BCUT2D eigenvalue weighted by Crippen LogP contribution is -2.12. The standard InChI is InChI=1S/C32H24N2O4/c35-31(36)23-11-15-27(16-12-23)33(25-7-3-1-4-8-25)29-19-21-30(22-20-29)34(26-9-5-2-6-10-26)28-17-13-24(14-18-28)32(37)38/h1-22H,(H,35,36)(H,37,38). The van der Waals surface area contributed by atoms with Gasteiger partial charge in [0.1, 0.15) is 0 Å². The van der Waals surface area contributed by atoms with Crippen LogP contribution in [0.3, 0.4) is 0 Å². The molecule has 0 amide bonds. The van der Waals surface area contributed by atoms with Crippen molar-refractivity contribution < 1.29 is 19.8 Å². The summed E-state index contributed by atoms with van der Waals surface area (Å²) in [6, 6.07) is 41.3. The average molecular weight is 501 g/mol. The first-order valence-electron chi connectivity index (χ1n) is 12.0. The number of carboxylic acids is 2. The predicted octanol–water partition coefficient (Wildman–Crippen LogP) is 8.02. The molecule has 0 saturated carbocycles. The van der Waals surface area contributed by atoms with Gasteiger partial charge in [0.05, 0.1) is 11.1 Å². The molecule has 5 rings (SSSR count). The van der Waals surface area contributed by atoms with Crippen LogP contribution in [0.2, 0.25) is 0 Å². The van der Waals surface area contributed by atoms with E-state index in [9.17, 15) is 19.8 Å². The predicted molar refractivity (Wildman–Crippen MR) is 150 cm³/mol. The lowest BCUT2D eigenvalue weighted by Gasteiger charge is -2.28. The van der Waals surface area contributed by atoms with Crippen molar-refractivity contribution >= 4 is 46.1 Å². The van der Waals surface area contributed by atoms with E-state index in [2.05, 4.69) is 9.80 Å². The molecule has 5 aromatic rings. The van der Waals surface area contributed by atoms with E-state index in [0.717, 1.165) is 34.1 Å². The normalized spacial score (nSPS) is 10.5. The summed E-state index contributed by atoms with van der Waals surface area (Å²) in [6.07, 6.45) is 0. The van der Waals surface area contributed by atoms with Crippen molar-refractivity contribution in [2.45, 2.75) is 0 Å². The number of para-hydroxylation sites is 2. The average Bonchev–Trinajstić information content (AvgIpc) is 2.96. The maximum absolute atomic E-state index is 11.4. The summed E-state index contributed by atoms with van der Waals surface area (Å²) >= 11 is 0. The molecule has 6 nitrogen and oxygen atoms in total. The largest absolute Gasteiger partial charge is 0.478 e. The van der Waals surface area contributed by atoms with Gasteiger partial charge in [-0.15, -0.1) is 0 Å². The van der Waals surface area contributed by atoms with E-state index < -0.39 is 11.9 Å². The zero-order chi connectivity index (χ0) is 26.5. The molecule has 38 heavy (non-hydrogen) atoms. The molecular weight excluding hydrogens is 476 g/mol. The Hall–Kier alpha value is -5.36. The summed E-state index contributed by atoms with van der Waals surface area (Å²) in [5, 5.41) is 18.6. The van der Waals surface area contributed by atoms with Crippen LogP contribution in [0.25, 0.3) is 0 Å². The summed E-state index contributed by atoms with van der Waals surface area (Å²) in [4.78, 5) is 26.8. The Morgan fingerprint density at radius 1 is 0.368 bits per heavy atom. The van der Waals surface area contributed by atoms with E-state index in [4.69, 9.17) is 0 Å². The second-order valence-electron chi connectivity index (χ2n) is 8.56. The Labute approximate surface area is 220 Å². The van der Waals surface area contributed by atoms with Gasteiger partial charge in [0.2, 0.25) is 0 Å². The molecule has 0 saturated heterocycles. The molecule has 2 N–H and O–H groups in total. The van der Waals surface area contributed by atoms with Crippen LogP contribution in [0, 0.1) is 0 Å². The number of hydrogen-bond donors (Lipinski definition) is 2. The van der Waals surface area contributed by atoms with E-state index >= 15 is 0 Å². The number of nitrogens with zero attached hydrogens (tertiary/aromatic N) is 2. The Morgan fingerprint density at radius 2 is 0.605 bits per heavy atom. The third kappa shape index (κ3) is 5.10. The molecule has 6 heteroatoms. The topological polar surface area (TPSA) is 81.1 Å². The van der Waals surface area contributed by atoms with Gasteiger partial charge < -0.3 is 20.0 Å². The lowest BCUT2D eigenvalue weighted by molar-refractivity contribution is 0.0686. The van der Waals surface area contributed by atoms with Crippen LogP contribution in [0.5, 0.6) is 0 Å². The lowest BCUT2D eigenvalue weighted by atomic mass is 10.1. The van der Waals surface area contributed by atoms with Crippen molar-refractivity contribution in [2.75, 3.05) is 9.80 Å². The molecule has 0 aliphatic heterocycles. The van der Waals surface area contributed by atoms with Crippen LogP contribution < -0.4 is 9.80 Å². The van der Waals surface area contributed by atoms with Crippen LogP contribution in [-0.4, -0.2) is 22.2 Å². The van der Waals surface area contributed by atoms with Gasteiger partial charge in [-0.2, -0.15) is 0 Å². The number of hydrogen-bond acceptors (Lipinski definition) is 4. The second-order valence-corrected chi connectivity index (χ2v) is 8.56. The molecule has 0 bridgehead atoms. The minimum absolute atomic E-state index is 0.226. The summed E-state index contributed by atoms with van der Waals surface area (Å²) < 4.78 is 0. The molecule has 0 unspecified atom stereocenters. The molecule has 0 heterocycles. The molecule has 5 aromatic carbocycles. The van der Waals surface area contributed by atoms with Crippen molar-refractivity contribution in [3.63, 3.8) is 0 Å². The number of anilines is 6. The highest BCUT2D eigenvalue weighted by atomic mass is 16.4. The fourth-order valence-electron chi connectivity index (χ4n) is 4.31. The van der Waals surface area contributed by atoms with Crippen LogP contribution >= 0.6 is 0 Å². The quantitative estimate of drug-likeness (QED) is 0.224. The molecule has 0 aliphatic carbocycles. The van der Waals surface area contributed by atoms with E-state index in [1.165, 1.54) is 0 Å². The van der Waals surface area contributed by atoms with Crippen molar-refractivity contribution in [2.24, 2.45) is 0 Å². The van der Waals surface area contributed by atoms with Gasteiger partial charge in [-0.1, -0.05) is 36.4 Å². The molecular formula is C32H24N2O4. The number of benzene rings is 5. The van der Waals surface area contributed by atoms with Crippen LogP contribution in [0.4, 0.5) is 34.1 Å². The molecule has 186 valence electrons. The molecule has 0 spiro atoms. The molecule has 0 fully saturated rings. The van der Waals surface area contributed by atoms with E-state index in [0.29, 0.717) is 0 Å². The van der Waals surface area contributed by atoms with E-state index in [-0.39, 0.29) is 11.1 Å². The van der Waals surface area contributed by atoms with Gasteiger partial charge >= 0.3 is 11.9 Å². The number of carbonyl (C=O) groups is 2. The Kier molecular flexibility index (Phi) is 6.87. The molecule has 0 atom stereocenters. The zero-order valence-electron chi connectivity index (χ0n) is 20.3. The highest BCUT2D eigenvalue weighted by molar-refractivity contribution is 5.90. The minimum atomic E-state index is -0.968. The third-order valence-corrected chi connectivity index (χ3v) is 6.14. The van der Waals surface area contributed by atoms with Crippen molar-refractivity contribution in [1.82, 2.24) is 0 Å². The van der Waals surface area contributed by atoms with Gasteiger partial charge in [0.15, 0.2) is 0 Å². The Balaban J connectivity index is 1.55. The van der Waals surface area contributed by atoms with Gasteiger partial charge in [0, 0.05) is 34.1 Å². The number of carboxylic acid groups (broad SMARTS) is 2. The van der Waals surface area contributed by atoms with E-state index in [1.807, 2.05) is 84.9 Å². The van der Waals surface area contributed by atoms with Gasteiger partial charge in [-0.3, -0.25) is 0 Å². The molecule has 0 aliphatic rings.